The summed E-state index contributed by atoms with van der Waals surface area (Å²) in [5.41, 5.74) is 1.91. The summed E-state index contributed by atoms with van der Waals surface area (Å²) >= 11 is 11.4. The minimum Gasteiger partial charge on any atom is -0.489 e. The fraction of sp³-hybridized carbons (Fsp3) is 0.273. The molecule has 0 saturated heterocycles. The van der Waals surface area contributed by atoms with Crippen molar-refractivity contribution in [1.82, 2.24) is 0 Å². The molecule has 1 nitrogen and oxygen atoms in total. The van der Waals surface area contributed by atoms with Crippen molar-refractivity contribution in [2.45, 2.75) is 6.92 Å². The molecule has 0 heterocycles. The first-order valence-corrected chi connectivity index (χ1v) is 5.16. The van der Waals surface area contributed by atoms with Crippen LogP contribution in [-0.4, -0.2) is 12.5 Å². The van der Waals surface area contributed by atoms with Crippen LogP contribution >= 0.6 is 23.2 Å². The Kier molecular flexibility index (Phi) is 4.30. The number of aryl methyl sites for hydroxylation is 1. The Bertz CT molecular complexity index is 334. The standard InChI is InChI=1S/C11H12Cl2O/c1-8(6-12)7-14-11-5-10(13)4-3-9(11)2/h3-5H,1,6-7H2,2H3. The SMILES string of the molecule is C=C(CCl)COc1cc(Cl)ccc1C. The molecule has 0 unspecified atom stereocenters. The maximum atomic E-state index is 5.84. The Morgan fingerprint density at radius 1 is 1.50 bits per heavy atom. The van der Waals surface area contributed by atoms with E-state index in [4.69, 9.17) is 27.9 Å². The number of rotatable bonds is 4. The highest BCUT2D eigenvalue weighted by atomic mass is 35.5. The van der Waals surface area contributed by atoms with Crippen LogP contribution in [0.2, 0.25) is 5.02 Å². The van der Waals surface area contributed by atoms with E-state index < -0.39 is 0 Å². The van der Waals surface area contributed by atoms with Gasteiger partial charge in [0, 0.05) is 10.9 Å². The van der Waals surface area contributed by atoms with E-state index in [0.29, 0.717) is 17.5 Å². The summed E-state index contributed by atoms with van der Waals surface area (Å²) in [6.07, 6.45) is 0. The first kappa shape index (κ1) is 11.4. The van der Waals surface area contributed by atoms with Gasteiger partial charge in [0.15, 0.2) is 0 Å². The summed E-state index contributed by atoms with van der Waals surface area (Å²) in [5, 5.41) is 0.669. The van der Waals surface area contributed by atoms with Crippen LogP contribution in [0, 0.1) is 6.92 Å². The quantitative estimate of drug-likeness (QED) is 0.565. The van der Waals surface area contributed by atoms with Crippen LogP contribution < -0.4 is 4.74 Å². The highest BCUT2D eigenvalue weighted by Crippen LogP contribution is 2.22. The molecule has 0 bridgehead atoms. The molecular formula is C11H12Cl2O. The van der Waals surface area contributed by atoms with Crippen LogP contribution in [0.3, 0.4) is 0 Å². The lowest BCUT2D eigenvalue weighted by Crippen LogP contribution is -2.02. The third-order valence-electron chi connectivity index (χ3n) is 1.77. The molecule has 0 radical (unpaired) electrons. The zero-order valence-electron chi connectivity index (χ0n) is 8.02. The second-order valence-electron chi connectivity index (χ2n) is 3.08. The summed E-state index contributed by atoms with van der Waals surface area (Å²) in [6, 6.07) is 5.54. The van der Waals surface area contributed by atoms with Crippen LogP contribution in [0.25, 0.3) is 0 Å². The Morgan fingerprint density at radius 3 is 2.86 bits per heavy atom. The fourth-order valence-electron chi connectivity index (χ4n) is 0.948. The van der Waals surface area contributed by atoms with Crippen LogP contribution in [0.15, 0.2) is 30.4 Å². The maximum Gasteiger partial charge on any atom is 0.124 e. The van der Waals surface area contributed by atoms with E-state index in [9.17, 15) is 0 Å². The Balaban J connectivity index is 2.66. The van der Waals surface area contributed by atoms with E-state index in [1.165, 1.54) is 0 Å². The van der Waals surface area contributed by atoms with E-state index in [1.54, 1.807) is 6.07 Å². The summed E-state index contributed by atoms with van der Waals surface area (Å²) in [4.78, 5) is 0. The van der Waals surface area contributed by atoms with Gasteiger partial charge in [0.2, 0.25) is 0 Å². The molecule has 0 aliphatic heterocycles. The maximum absolute atomic E-state index is 5.84. The molecule has 3 heteroatoms. The van der Waals surface area contributed by atoms with E-state index in [0.717, 1.165) is 16.9 Å². The third-order valence-corrected chi connectivity index (χ3v) is 2.38. The molecule has 1 aromatic rings. The molecule has 76 valence electrons. The van der Waals surface area contributed by atoms with Crippen molar-refractivity contribution < 1.29 is 4.74 Å². The minimum absolute atomic E-state index is 0.416. The lowest BCUT2D eigenvalue weighted by Gasteiger charge is -2.09. The number of ether oxygens (including phenoxy) is 1. The molecular weight excluding hydrogens is 219 g/mol. The highest BCUT2D eigenvalue weighted by Gasteiger charge is 2.01. The van der Waals surface area contributed by atoms with Gasteiger partial charge in [-0.25, -0.2) is 0 Å². The van der Waals surface area contributed by atoms with E-state index in [2.05, 4.69) is 6.58 Å². The molecule has 1 rings (SSSR count). The number of hydrogen-bond donors (Lipinski definition) is 0. The summed E-state index contributed by atoms with van der Waals surface area (Å²) in [6.45, 7) is 6.15. The summed E-state index contributed by atoms with van der Waals surface area (Å²) in [7, 11) is 0. The smallest absolute Gasteiger partial charge is 0.124 e. The van der Waals surface area contributed by atoms with Gasteiger partial charge in [0.05, 0.1) is 0 Å². The average Bonchev–Trinajstić information content (AvgIpc) is 2.19. The predicted octanol–water partition coefficient (Wildman–Crippen LogP) is 3.82. The molecule has 14 heavy (non-hydrogen) atoms. The third kappa shape index (κ3) is 3.24. The van der Waals surface area contributed by atoms with Gasteiger partial charge in [-0.3, -0.25) is 0 Å². The van der Waals surface area contributed by atoms with Gasteiger partial charge >= 0.3 is 0 Å². The highest BCUT2D eigenvalue weighted by molar-refractivity contribution is 6.30. The fourth-order valence-corrected chi connectivity index (χ4v) is 1.19. The van der Waals surface area contributed by atoms with Crippen molar-refractivity contribution in [3.8, 4) is 5.75 Å². The van der Waals surface area contributed by atoms with Gasteiger partial charge in [-0.15, -0.1) is 11.6 Å². The number of alkyl halides is 1. The number of hydrogen-bond acceptors (Lipinski definition) is 1. The predicted molar refractivity (Wildman–Crippen MR) is 61.5 cm³/mol. The Hall–Kier alpha value is -0.660. The van der Waals surface area contributed by atoms with Gasteiger partial charge < -0.3 is 4.74 Å². The molecule has 0 N–H and O–H groups in total. The van der Waals surface area contributed by atoms with Crippen molar-refractivity contribution in [3.05, 3.63) is 40.9 Å². The number of halogens is 2. The first-order chi connectivity index (χ1) is 6.63. The van der Waals surface area contributed by atoms with Crippen LogP contribution in [0.5, 0.6) is 5.75 Å². The van der Waals surface area contributed by atoms with Gasteiger partial charge in [-0.2, -0.15) is 0 Å². The molecule has 0 fully saturated rings. The molecule has 0 amide bonds. The van der Waals surface area contributed by atoms with Gasteiger partial charge in [-0.05, 0) is 30.2 Å². The summed E-state index contributed by atoms with van der Waals surface area (Å²) in [5.74, 6) is 1.20. The molecule has 0 atom stereocenters. The van der Waals surface area contributed by atoms with Crippen molar-refractivity contribution in [2.24, 2.45) is 0 Å². The molecule has 0 aliphatic rings. The largest absolute Gasteiger partial charge is 0.489 e. The van der Waals surface area contributed by atoms with Gasteiger partial charge in [0.1, 0.15) is 12.4 Å². The van der Waals surface area contributed by atoms with Crippen molar-refractivity contribution in [3.63, 3.8) is 0 Å². The lowest BCUT2D eigenvalue weighted by atomic mass is 10.2. The van der Waals surface area contributed by atoms with Crippen LogP contribution in [0.1, 0.15) is 5.56 Å². The van der Waals surface area contributed by atoms with Crippen LogP contribution in [-0.2, 0) is 0 Å². The minimum atomic E-state index is 0.416. The van der Waals surface area contributed by atoms with Crippen molar-refractivity contribution in [1.29, 1.82) is 0 Å². The van der Waals surface area contributed by atoms with Gasteiger partial charge in [-0.1, -0.05) is 24.2 Å². The Morgan fingerprint density at radius 2 is 2.21 bits per heavy atom. The second-order valence-corrected chi connectivity index (χ2v) is 3.79. The van der Waals surface area contributed by atoms with E-state index in [-0.39, 0.29) is 0 Å². The molecule has 1 aromatic carbocycles. The Labute approximate surface area is 94.3 Å². The molecule has 0 aromatic heterocycles. The van der Waals surface area contributed by atoms with E-state index in [1.807, 2.05) is 19.1 Å². The van der Waals surface area contributed by atoms with Crippen LogP contribution in [0.4, 0.5) is 0 Å². The zero-order valence-corrected chi connectivity index (χ0v) is 9.53. The summed E-state index contributed by atoms with van der Waals surface area (Å²) < 4.78 is 5.50. The topological polar surface area (TPSA) is 9.23 Å². The lowest BCUT2D eigenvalue weighted by molar-refractivity contribution is 0.350. The molecule has 0 saturated carbocycles. The molecule has 0 spiro atoms. The second kappa shape index (κ2) is 5.28. The first-order valence-electron chi connectivity index (χ1n) is 4.25. The van der Waals surface area contributed by atoms with Crippen molar-refractivity contribution >= 4 is 23.2 Å². The van der Waals surface area contributed by atoms with Gasteiger partial charge in [0.25, 0.3) is 0 Å². The average molecular weight is 231 g/mol. The van der Waals surface area contributed by atoms with E-state index >= 15 is 0 Å². The molecule has 0 aliphatic carbocycles. The zero-order chi connectivity index (χ0) is 10.6. The monoisotopic (exact) mass is 230 g/mol. The van der Waals surface area contributed by atoms with Crippen molar-refractivity contribution in [2.75, 3.05) is 12.5 Å². The number of benzene rings is 1. The normalized spacial score (nSPS) is 9.93.